The lowest BCUT2D eigenvalue weighted by Crippen LogP contribution is -2.17. The highest BCUT2D eigenvalue weighted by Crippen LogP contribution is 2.16. The van der Waals surface area contributed by atoms with Gasteiger partial charge in [-0.1, -0.05) is 44.7 Å². The molecule has 0 rings (SSSR count). The maximum Gasteiger partial charge on any atom is 0.319 e. The molecule has 16 heavy (non-hydrogen) atoms. The quantitative estimate of drug-likeness (QED) is 0.398. The summed E-state index contributed by atoms with van der Waals surface area (Å²) in [6.45, 7) is 0. The van der Waals surface area contributed by atoms with Crippen molar-refractivity contribution in [3.63, 3.8) is 0 Å². The Balaban J connectivity index is 3.60. The first-order valence-corrected chi connectivity index (χ1v) is 6.79. The molecule has 0 saturated heterocycles. The van der Waals surface area contributed by atoms with E-state index in [0.29, 0.717) is 12.8 Å². The van der Waals surface area contributed by atoms with Gasteiger partial charge in [0, 0.05) is 0 Å². The summed E-state index contributed by atoms with van der Waals surface area (Å²) in [5, 5.41) is 0. The third-order valence-corrected chi connectivity index (χ3v) is 3.74. The molecule has 0 bridgehead atoms. The number of carbonyl (C=O) groups is 2. The molecular weight excluding hydrogens is 344 g/mol. The lowest BCUT2D eigenvalue weighted by Gasteiger charge is -2.09. The third kappa shape index (κ3) is 6.48. The van der Waals surface area contributed by atoms with Crippen molar-refractivity contribution < 1.29 is 19.1 Å². The first-order valence-electron chi connectivity index (χ1n) is 4.96. The minimum atomic E-state index is -0.261. The molecule has 0 aliphatic heterocycles. The Kier molecular flexibility index (Phi) is 8.93. The number of esters is 2. The van der Waals surface area contributed by atoms with Crippen LogP contribution in [0.5, 0.6) is 0 Å². The Morgan fingerprint density at radius 2 is 1.25 bits per heavy atom. The van der Waals surface area contributed by atoms with Gasteiger partial charge < -0.3 is 9.47 Å². The molecule has 0 saturated carbocycles. The average molecular weight is 360 g/mol. The van der Waals surface area contributed by atoms with Gasteiger partial charge in [0.2, 0.25) is 0 Å². The molecule has 0 heterocycles. The molecule has 0 aromatic carbocycles. The Bertz CT molecular complexity index is 209. The molecule has 0 aliphatic rings. The van der Waals surface area contributed by atoms with Crippen LogP contribution in [0.3, 0.4) is 0 Å². The van der Waals surface area contributed by atoms with Gasteiger partial charge in [0.25, 0.3) is 0 Å². The number of hydrogen-bond donors (Lipinski definition) is 0. The fourth-order valence-corrected chi connectivity index (χ4v) is 2.16. The van der Waals surface area contributed by atoms with Crippen LogP contribution in [0, 0.1) is 0 Å². The number of rotatable bonds is 7. The molecule has 94 valence electrons. The predicted octanol–water partition coefficient (Wildman–Crippen LogP) is 2.42. The fraction of sp³-hybridized carbons (Fsp3) is 0.800. The van der Waals surface area contributed by atoms with Gasteiger partial charge in [-0.15, -0.1) is 0 Å². The Morgan fingerprint density at radius 3 is 1.50 bits per heavy atom. The van der Waals surface area contributed by atoms with E-state index in [-0.39, 0.29) is 21.6 Å². The minimum absolute atomic E-state index is 0.260. The normalized spacial score (nSPS) is 14.0. The van der Waals surface area contributed by atoms with Crippen molar-refractivity contribution >= 4 is 43.8 Å². The first kappa shape index (κ1) is 15.9. The summed E-state index contributed by atoms with van der Waals surface area (Å²) < 4.78 is 9.15. The van der Waals surface area contributed by atoms with Crippen molar-refractivity contribution in [3.8, 4) is 0 Å². The Hall–Kier alpha value is -0.100. The van der Waals surface area contributed by atoms with Crippen molar-refractivity contribution in [2.45, 2.75) is 35.3 Å². The number of carbonyl (C=O) groups excluding carboxylic acids is 2. The maximum absolute atomic E-state index is 11.0. The lowest BCUT2D eigenvalue weighted by molar-refractivity contribution is -0.141. The average Bonchev–Trinajstić information content (AvgIpc) is 2.31. The van der Waals surface area contributed by atoms with Crippen LogP contribution < -0.4 is 0 Å². The highest BCUT2D eigenvalue weighted by atomic mass is 79.9. The van der Waals surface area contributed by atoms with E-state index >= 15 is 0 Å². The summed E-state index contributed by atoms with van der Waals surface area (Å²) in [7, 11) is 2.73. The number of hydrogen-bond acceptors (Lipinski definition) is 4. The monoisotopic (exact) mass is 358 g/mol. The summed E-state index contributed by atoms with van der Waals surface area (Å²) >= 11 is 6.47. The number of halogens is 2. The second-order valence-corrected chi connectivity index (χ2v) is 5.48. The van der Waals surface area contributed by atoms with E-state index in [0.717, 1.165) is 12.8 Å². The summed E-state index contributed by atoms with van der Waals surface area (Å²) in [4.78, 5) is 21.6. The van der Waals surface area contributed by atoms with Gasteiger partial charge in [0.1, 0.15) is 9.65 Å². The summed E-state index contributed by atoms with van der Waals surface area (Å²) in [5.74, 6) is -0.522. The first-order chi connectivity index (χ1) is 7.52. The van der Waals surface area contributed by atoms with Crippen molar-refractivity contribution in [2.24, 2.45) is 0 Å². The number of ether oxygens (including phenoxy) is 2. The van der Waals surface area contributed by atoms with Crippen molar-refractivity contribution in [3.05, 3.63) is 0 Å². The smallest absolute Gasteiger partial charge is 0.319 e. The molecule has 2 atom stereocenters. The zero-order chi connectivity index (χ0) is 12.6. The lowest BCUT2D eigenvalue weighted by atomic mass is 10.1. The van der Waals surface area contributed by atoms with Gasteiger partial charge in [-0.05, 0) is 12.8 Å². The Morgan fingerprint density at radius 1 is 0.938 bits per heavy atom. The van der Waals surface area contributed by atoms with Gasteiger partial charge in [0.05, 0.1) is 14.2 Å². The van der Waals surface area contributed by atoms with E-state index in [9.17, 15) is 9.59 Å². The number of alkyl halides is 2. The van der Waals surface area contributed by atoms with Crippen LogP contribution in [0.1, 0.15) is 25.7 Å². The van der Waals surface area contributed by atoms with Crippen LogP contribution in [-0.2, 0) is 19.1 Å². The molecule has 0 spiro atoms. The molecule has 0 N–H and O–H groups in total. The molecule has 0 aromatic rings. The van der Waals surface area contributed by atoms with Crippen molar-refractivity contribution in [1.29, 1.82) is 0 Å². The highest BCUT2D eigenvalue weighted by Gasteiger charge is 2.17. The van der Waals surface area contributed by atoms with Crippen LogP contribution in [0.15, 0.2) is 0 Å². The van der Waals surface area contributed by atoms with Gasteiger partial charge in [-0.3, -0.25) is 9.59 Å². The SMILES string of the molecule is COC(=O)C(Br)CCCCC(Br)C(=O)OC. The molecule has 2 unspecified atom stereocenters. The van der Waals surface area contributed by atoms with Gasteiger partial charge in [-0.25, -0.2) is 0 Å². The summed E-state index contributed by atoms with van der Waals surface area (Å²) in [6.07, 6.45) is 3.11. The second-order valence-electron chi connectivity index (χ2n) is 3.27. The molecule has 4 nitrogen and oxygen atoms in total. The predicted molar refractivity (Wildman–Crippen MR) is 67.9 cm³/mol. The maximum atomic E-state index is 11.0. The van der Waals surface area contributed by atoms with Gasteiger partial charge in [0.15, 0.2) is 0 Å². The van der Waals surface area contributed by atoms with E-state index in [2.05, 4.69) is 41.3 Å². The molecule has 6 heteroatoms. The third-order valence-electron chi connectivity index (χ3n) is 2.08. The highest BCUT2D eigenvalue weighted by molar-refractivity contribution is 9.10. The fourth-order valence-electron chi connectivity index (χ4n) is 1.14. The second kappa shape index (κ2) is 8.98. The molecule has 0 amide bonds. The van der Waals surface area contributed by atoms with E-state index in [4.69, 9.17) is 0 Å². The molecule has 0 aromatic heterocycles. The molecule has 0 fully saturated rings. The van der Waals surface area contributed by atoms with E-state index in [1.807, 2.05) is 0 Å². The van der Waals surface area contributed by atoms with Crippen molar-refractivity contribution in [2.75, 3.05) is 14.2 Å². The summed E-state index contributed by atoms with van der Waals surface area (Å²) in [6, 6.07) is 0. The zero-order valence-corrected chi connectivity index (χ0v) is 12.5. The zero-order valence-electron chi connectivity index (χ0n) is 9.37. The van der Waals surface area contributed by atoms with Crippen LogP contribution >= 0.6 is 31.9 Å². The van der Waals surface area contributed by atoms with Crippen LogP contribution in [0.2, 0.25) is 0 Å². The Labute approximate surface area is 112 Å². The summed E-state index contributed by atoms with van der Waals surface area (Å²) in [5.41, 5.74) is 0. The number of unbranched alkanes of at least 4 members (excludes halogenated alkanes) is 1. The van der Waals surface area contributed by atoms with Gasteiger partial charge in [-0.2, -0.15) is 0 Å². The topological polar surface area (TPSA) is 52.6 Å². The largest absolute Gasteiger partial charge is 0.468 e. The number of methoxy groups -OCH3 is 2. The standard InChI is InChI=1S/C10H16Br2O4/c1-15-9(13)7(11)5-3-4-6-8(12)10(14)16-2/h7-8H,3-6H2,1-2H3. The van der Waals surface area contributed by atoms with E-state index < -0.39 is 0 Å². The molecule has 0 aliphatic carbocycles. The van der Waals surface area contributed by atoms with Crippen molar-refractivity contribution in [1.82, 2.24) is 0 Å². The van der Waals surface area contributed by atoms with Crippen LogP contribution in [-0.4, -0.2) is 35.8 Å². The molecular formula is C10H16Br2O4. The van der Waals surface area contributed by atoms with E-state index in [1.165, 1.54) is 14.2 Å². The van der Waals surface area contributed by atoms with Gasteiger partial charge >= 0.3 is 11.9 Å². The minimum Gasteiger partial charge on any atom is -0.468 e. The van der Waals surface area contributed by atoms with E-state index in [1.54, 1.807) is 0 Å². The van der Waals surface area contributed by atoms with Crippen LogP contribution in [0.4, 0.5) is 0 Å². The molecule has 0 radical (unpaired) electrons. The van der Waals surface area contributed by atoms with Crippen LogP contribution in [0.25, 0.3) is 0 Å².